The van der Waals surface area contributed by atoms with Crippen molar-refractivity contribution >= 4 is 11.3 Å². The second-order valence-electron chi connectivity index (χ2n) is 5.77. The van der Waals surface area contributed by atoms with Crippen LogP contribution in [0.4, 0.5) is 0 Å². The Morgan fingerprint density at radius 1 is 1.61 bits per heavy atom. The van der Waals surface area contributed by atoms with E-state index in [1.165, 1.54) is 0 Å². The van der Waals surface area contributed by atoms with Crippen LogP contribution in [-0.4, -0.2) is 42.7 Å². The Morgan fingerprint density at radius 3 is 3.00 bits per heavy atom. The van der Waals surface area contributed by atoms with Gasteiger partial charge in [0.25, 0.3) is 0 Å². The zero-order valence-electron chi connectivity index (χ0n) is 11.5. The molecule has 1 fully saturated rings. The van der Waals surface area contributed by atoms with Crippen LogP contribution in [0.2, 0.25) is 0 Å². The van der Waals surface area contributed by atoms with E-state index >= 15 is 0 Å². The zero-order valence-corrected chi connectivity index (χ0v) is 12.3. The predicted molar refractivity (Wildman–Crippen MR) is 77.0 cm³/mol. The molecule has 1 saturated heterocycles. The van der Waals surface area contributed by atoms with Gasteiger partial charge in [-0.25, -0.2) is 0 Å². The first-order chi connectivity index (χ1) is 8.49. The molecule has 18 heavy (non-hydrogen) atoms. The normalized spacial score (nSPS) is 29.1. The van der Waals surface area contributed by atoms with Crippen LogP contribution in [-0.2, 0) is 5.60 Å². The second kappa shape index (κ2) is 5.70. The average Bonchev–Trinajstić information content (AvgIpc) is 2.82. The van der Waals surface area contributed by atoms with Crippen molar-refractivity contribution < 1.29 is 5.11 Å². The van der Waals surface area contributed by atoms with Crippen LogP contribution in [0.3, 0.4) is 0 Å². The standard InChI is InChI=1S/C14H24N2OS/c1-11-9-16(3)7-6-12(11)15-10-14(2,17)13-5-4-8-18-13/h4-5,8,11-12,15,17H,6-7,9-10H2,1-3H3. The molecule has 1 aliphatic rings. The summed E-state index contributed by atoms with van der Waals surface area (Å²) < 4.78 is 0. The van der Waals surface area contributed by atoms with Crippen LogP contribution < -0.4 is 5.32 Å². The van der Waals surface area contributed by atoms with Gasteiger partial charge in [0.1, 0.15) is 5.60 Å². The lowest BCUT2D eigenvalue weighted by Gasteiger charge is -2.37. The zero-order chi connectivity index (χ0) is 13.2. The number of aliphatic hydroxyl groups is 1. The number of likely N-dealkylation sites (tertiary alicyclic amines) is 1. The van der Waals surface area contributed by atoms with E-state index in [0.29, 0.717) is 18.5 Å². The van der Waals surface area contributed by atoms with Gasteiger partial charge in [0.05, 0.1) is 0 Å². The quantitative estimate of drug-likeness (QED) is 0.875. The van der Waals surface area contributed by atoms with Gasteiger partial charge in [-0.1, -0.05) is 13.0 Å². The van der Waals surface area contributed by atoms with Crippen LogP contribution in [0, 0.1) is 5.92 Å². The van der Waals surface area contributed by atoms with Crippen LogP contribution in [0.5, 0.6) is 0 Å². The molecule has 3 unspecified atom stereocenters. The summed E-state index contributed by atoms with van der Waals surface area (Å²) in [5, 5.41) is 16.0. The van der Waals surface area contributed by atoms with Gasteiger partial charge in [0, 0.05) is 24.0 Å². The molecule has 4 heteroatoms. The number of hydrogen-bond donors (Lipinski definition) is 2. The van der Waals surface area contributed by atoms with Gasteiger partial charge in [-0.15, -0.1) is 11.3 Å². The van der Waals surface area contributed by atoms with Crippen molar-refractivity contribution in [3.05, 3.63) is 22.4 Å². The van der Waals surface area contributed by atoms with E-state index in [4.69, 9.17) is 0 Å². The van der Waals surface area contributed by atoms with Gasteiger partial charge in [0.2, 0.25) is 0 Å². The molecule has 1 aromatic heterocycles. The lowest BCUT2D eigenvalue weighted by molar-refractivity contribution is 0.0499. The summed E-state index contributed by atoms with van der Waals surface area (Å²) in [6.45, 7) is 7.09. The molecule has 2 heterocycles. The van der Waals surface area contributed by atoms with Gasteiger partial charge < -0.3 is 15.3 Å². The molecule has 0 amide bonds. The van der Waals surface area contributed by atoms with Crippen molar-refractivity contribution in [3.8, 4) is 0 Å². The summed E-state index contributed by atoms with van der Waals surface area (Å²) >= 11 is 1.62. The summed E-state index contributed by atoms with van der Waals surface area (Å²) in [6, 6.07) is 4.52. The highest BCUT2D eigenvalue weighted by atomic mass is 32.1. The van der Waals surface area contributed by atoms with Gasteiger partial charge >= 0.3 is 0 Å². The van der Waals surface area contributed by atoms with Crippen LogP contribution in [0.25, 0.3) is 0 Å². The maximum Gasteiger partial charge on any atom is 0.108 e. The fourth-order valence-corrected chi connectivity index (χ4v) is 3.45. The minimum Gasteiger partial charge on any atom is -0.383 e. The Balaban J connectivity index is 1.88. The molecule has 1 aromatic rings. The van der Waals surface area contributed by atoms with Gasteiger partial charge in [0.15, 0.2) is 0 Å². The number of nitrogens with one attached hydrogen (secondary N) is 1. The van der Waals surface area contributed by atoms with Crippen LogP contribution in [0.1, 0.15) is 25.1 Å². The molecular weight excluding hydrogens is 244 g/mol. The largest absolute Gasteiger partial charge is 0.383 e. The first-order valence-corrected chi connectivity index (χ1v) is 7.55. The third-order valence-corrected chi connectivity index (χ3v) is 4.99. The molecule has 102 valence electrons. The van der Waals surface area contributed by atoms with E-state index in [-0.39, 0.29) is 0 Å². The molecule has 3 nitrogen and oxygen atoms in total. The molecule has 1 aliphatic heterocycles. The molecule has 2 rings (SSSR count). The lowest BCUT2D eigenvalue weighted by atomic mass is 9.93. The van der Waals surface area contributed by atoms with E-state index in [1.54, 1.807) is 11.3 Å². The van der Waals surface area contributed by atoms with E-state index in [9.17, 15) is 5.11 Å². The smallest absolute Gasteiger partial charge is 0.108 e. The van der Waals surface area contributed by atoms with Crippen molar-refractivity contribution in [2.75, 3.05) is 26.7 Å². The predicted octanol–water partition coefficient (Wildman–Crippen LogP) is 1.89. The van der Waals surface area contributed by atoms with E-state index < -0.39 is 5.60 Å². The molecule has 0 bridgehead atoms. The molecule has 0 aliphatic carbocycles. The van der Waals surface area contributed by atoms with Crippen molar-refractivity contribution in [3.63, 3.8) is 0 Å². The average molecular weight is 268 g/mol. The number of nitrogens with zero attached hydrogens (tertiary/aromatic N) is 1. The fraction of sp³-hybridized carbons (Fsp3) is 0.714. The van der Waals surface area contributed by atoms with E-state index in [2.05, 4.69) is 24.2 Å². The Hall–Kier alpha value is -0.420. The number of rotatable bonds is 4. The summed E-state index contributed by atoms with van der Waals surface area (Å²) in [4.78, 5) is 3.41. The molecule has 0 saturated carbocycles. The first kappa shape index (κ1) is 14.0. The van der Waals surface area contributed by atoms with Crippen molar-refractivity contribution in [1.82, 2.24) is 10.2 Å². The molecule has 0 radical (unpaired) electrons. The fourth-order valence-electron chi connectivity index (χ4n) is 2.66. The Kier molecular flexibility index (Phi) is 4.43. The third-order valence-electron chi connectivity index (χ3n) is 3.87. The molecule has 0 aromatic carbocycles. The van der Waals surface area contributed by atoms with Crippen molar-refractivity contribution in [2.45, 2.75) is 31.9 Å². The number of thiophene rings is 1. The highest BCUT2D eigenvalue weighted by Crippen LogP contribution is 2.25. The summed E-state index contributed by atoms with van der Waals surface area (Å²) in [7, 11) is 2.18. The second-order valence-corrected chi connectivity index (χ2v) is 6.71. The maximum absolute atomic E-state index is 10.5. The summed E-state index contributed by atoms with van der Waals surface area (Å²) in [5.74, 6) is 0.642. The Morgan fingerprint density at radius 2 is 2.39 bits per heavy atom. The van der Waals surface area contributed by atoms with Crippen LogP contribution in [0.15, 0.2) is 17.5 Å². The van der Waals surface area contributed by atoms with Gasteiger partial charge in [-0.05, 0) is 44.3 Å². The van der Waals surface area contributed by atoms with Gasteiger partial charge in [-0.2, -0.15) is 0 Å². The first-order valence-electron chi connectivity index (χ1n) is 6.67. The lowest BCUT2D eigenvalue weighted by Crippen LogP contribution is -2.50. The highest BCUT2D eigenvalue weighted by Gasteiger charge is 2.28. The minimum absolute atomic E-state index is 0.521. The van der Waals surface area contributed by atoms with Crippen LogP contribution >= 0.6 is 11.3 Å². The molecular formula is C14H24N2OS. The topological polar surface area (TPSA) is 35.5 Å². The molecule has 3 atom stereocenters. The molecule has 0 spiro atoms. The van der Waals surface area contributed by atoms with E-state index in [1.807, 2.05) is 24.4 Å². The minimum atomic E-state index is -0.753. The Bertz CT molecular complexity index is 364. The van der Waals surface area contributed by atoms with Crippen molar-refractivity contribution in [1.29, 1.82) is 0 Å². The number of piperidine rings is 1. The monoisotopic (exact) mass is 268 g/mol. The SMILES string of the molecule is CC1CN(C)CCC1NCC(C)(O)c1cccs1. The van der Waals surface area contributed by atoms with Gasteiger partial charge in [-0.3, -0.25) is 0 Å². The van der Waals surface area contributed by atoms with E-state index in [0.717, 1.165) is 24.4 Å². The maximum atomic E-state index is 10.5. The van der Waals surface area contributed by atoms with Crippen molar-refractivity contribution in [2.24, 2.45) is 5.92 Å². The highest BCUT2D eigenvalue weighted by molar-refractivity contribution is 7.10. The summed E-state index contributed by atoms with van der Waals surface area (Å²) in [6.07, 6.45) is 1.16. The summed E-state index contributed by atoms with van der Waals surface area (Å²) in [5.41, 5.74) is -0.753. The molecule has 2 N–H and O–H groups in total. The Labute approximate surface area is 114 Å². The number of hydrogen-bond acceptors (Lipinski definition) is 4. The third kappa shape index (κ3) is 3.32.